The molecule has 0 aliphatic heterocycles. The van der Waals surface area contributed by atoms with Gasteiger partial charge < -0.3 is 20.1 Å². The molecule has 0 fully saturated rings. The lowest BCUT2D eigenvalue weighted by molar-refractivity contribution is -0.142. The van der Waals surface area contributed by atoms with Crippen molar-refractivity contribution in [3.63, 3.8) is 0 Å². The number of hydrogen-bond acceptors (Lipinski definition) is 4. The lowest BCUT2D eigenvalue weighted by atomic mass is 9.81. The van der Waals surface area contributed by atoms with E-state index in [-0.39, 0.29) is 5.91 Å². The molecule has 2 N–H and O–H groups in total. The molecule has 0 heterocycles. The molecule has 0 saturated carbocycles. The molecule has 0 aliphatic carbocycles. The predicted molar refractivity (Wildman–Crippen MR) is 92.7 cm³/mol. The highest BCUT2D eigenvalue weighted by molar-refractivity contribution is 5.83. The summed E-state index contributed by atoms with van der Waals surface area (Å²) < 4.78 is 10.6. The molecule has 1 aromatic rings. The minimum absolute atomic E-state index is 0.127. The van der Waals surface area contributed by atoms with Gasteiger partial charge in [-0.15, -0.1) is 0 Å². The number of amides is 1. The molecule has 23 heavy (non-hydrogen) atoms. The molecule has 130 valence electrons. The summed E-state index contributed by atoms with van der Waals surface area (Å²) in [6, 6.07) is 5.73. The first-order chi connectivity index (χ1) is 11.0. The van der Waals surface area contributed by atoms with Gasteiger partial charge in [0.2, 0.25) is 5.91 Å². The monoisotopic (exact) mass is 322 g/mol. The van der Waals surface area contributed by atoms with Crippen LogP contribution in [-0.4, -0.2) is 38.1 Å². The van der Waals surface area contributed by atoms with Crippen molar-refractivity contribution in [1.29, 1.82) is 0 Å². The molecule has 1 rings (SSSR count). The average molecular weight is 322 g/mol. The number of nitrogens with zero attached hydrogens (tertiary/aromatic N) is 1. The van der Waals surface area contributed by atoms with Crippen molar-refractivity contribution < 1.29 is 14.3 Å². The SMILES string of the molecule is CCN(Cc1ccc(OC)c(OC)c1)C(=O)C(CC)(CC)CN. The number of rotatable bonds is 9. The molecule has 0 unspecified atom stereocenters. The number of ether oxygens (including phenoxy) is 2. The van der Waals surface area contributed by atoms with Crippen LogP contribution in [0.1, 0.15) is 39.2 Å². The van der Waals surface area contributed by atoms with E-state index in [1.54, 1.807) is 14.2 Å². The van der Waals surface area contributed by atoms with E-state index < -0.39 is 5.41 Å². The quantitative estimate of drug-likeness (QED) is 0.759. The van der Waals surface area contributed by atoms with Gasteiger partial charge in [0.25, 0.3) is 0 Å². The Morgan fingerprint density at radius 3 is 2.17 bits per heavy atom. The smallest absolute Gasteiger partial charge is 0.230 e. The lowest BCUT2D eigenvalue weighted by Crippen LogP contribution is -2.47. The van der Waals surface area contributed by atoms with Crippen LogP contribution in [0.25, 0.3) is 0 Å². The molecule has 0 aromatic heterocycles. The molecule has 0 atom stereocenters. The van der Waals surface area contributed by atoms with E-state index in [0.29, 0.717) is 31.1 Å². The first kappa shape index (κ1) is 19.3. The van der Waals surface area contributed by atoms with Crippen LogP contribution in [0.15, 0.2) is 18.2 Å². The summed E-state index contributed by atoms with van der Waals surface area (Å²) in [4.78, 5) is 14.8. The van der Waals surface area contributed by atoms with Crippen molar-refractivity contribution in [3.8, 4) is 11.5 Å². The van der Waals surface area contributed by atoms with Crippen LogP contribution >= 0.6 is 0 Å². The Bertz CT molecular complexity index is 505. The van der Waals surface area contributed by atoms with Crippen LogP contribution in [0.2, 0.25) is 0 Å². The molecule has 0 aliphatic rings. The molecule has 0 bridgehead atoms. The van der Waals surface area contributed by atoms with Gasteiger partial charge in [-0.3, -0.25) is 4.79 Å². The second kappa shape index (κ2) is 8.77. The lowest BCUT2D eigenvalue weighted by Gasteiger charge is -2.35. The second-order valence-electron chi connectivity index (χ2n) is 5.70. The maximum Gasteiger partial charge on any atom is 0.230 e. The van der Waals surface area contributed by atoms with Crippen molar-refractivity contribution in [1.82, 2.24) is 4.90 Å². The minimum atomic E-state index is -0.466. The van der Waals surface area contributed by atoms with Gasteiger partial charge in [-0.2, -0.15) is 0 Å². The summed E-state index contributed by atoms with van der Waals surface area (Å²) in [7, 11) is 3.22. The van der Waals surface area contributed by atoms with Crippen molar-refractivity contribution in [2.24, 2.45) is 11.1 Å². The largest absolute Gasteiger partial charge is 0.493 e. The molecule has 0 radical (unpaired) electrons. The number of hydrogen-bond donors (Lipinski definition) is 1. The topological polar surface area (TPSA) is 64.8 Å². The molecule has 5 nitrogen and oxygen atoms in total. The first-order valence-corrected chi connectivity index (χ1v) is 8.22. The standard InChI is InChI=1S/C18H30N2O3/c1-6-18(7-2,13-19)17(21)20(8-3)12-14-9-10-15(22-4)16(11-14)23-5/h9-11H,6-8,12-13,19H2,1-5H3. The highest BCUT2D eigenvalue weighted by atomic mass is 16.5. The molecular weight excluding hydrogens is 292 g/mol. The summed E-state index contributed by atoms with van der Waals surface area (Å²) in [6.45, 7) is 7.61. The Labute approximate surface area is 139 Å². The van der Waals surface area contributed by atoms with E-state index in [0.717, 1.165) is 18.4 Å². The van der Waals surface area contributed by atoms with Crippen molar-refractivity contribution >= 4 is 5.91 Å². The third-order valence-electron chi connectivity index (χ3n) is 4.69. The zero-order valence-electron chi connectivity index (χ0n) is 15.0. The van der Waals surface area contributed by atoms with Gasteiger partial charge in [0.15, 0.2) is 11.5 Å². The zero-order valence-corrected chi connectivity index (χ0v) is 15.0. The van der Waals surface area contributed by atoms with Gasteiger partial charge in [0.05, 0.1) is 19.6 Å². The Hall–Kier alpha value is -1.75. The average Bonchev–Trinajstić information content (AvgIpc) is 2.61. The molecule has 0 spiro atoms. The molecular formula is C18H30N2O3. The second-order valence-corrected chi connectivity index (χ2v) is 5.70. The van der Waals surface area contributed by atoms with E-state index in [1.165, 1.54) is 0 Å². The van der Waals surface area contributed by atoms with E-state index in [1.807, 2.05) is 43.9 Å². The van der Waals surface area contributed by atoms with Gasteiger partial charge in [-0.25, -0.2) is 0 Å². The minimum Gasteiger partial charge on any atom is -0.493 e. The Kier molecular flexibility index (Phi) is 7.36. The summed E-state index contributed by atoms with van der Waals surface area (Å²) in [6.07, 6.45) is 1.50. The van der Waals surface area contributed by atoms with Crippen LogP contribution in [0.4, 0.5) is 0 Å². The Morgan fingerprint density at radius 1 is 1.13 bits per heavy atom. The molecule has 0 saturated heterocycles. The zero-order chi connectivity index (χ0) is 17.5. The maximum absolute atomic E-state index is 13.0. The van der Waals surface area contributed by atoms with Gasteiger partial charge in [-0.05, 0) is 37.5 Å². The fourth-order valence-corrected chi connectivity index (χ4v) is 2.79. The van der Waals surface area contributed by atoms with E-state index >= 15 is 0 Å². The number of nitrogens with two attached hydrogens (primary N) is 1. The summed E-state index contributed by atoms with van der Waals surface area (Å²) in [5.41, 5.74) is 6.46. The fraction of sp³-hybridized carbons (Fsp3) is 0.611. The van der Waals surface area contributed by atoms with Gasteiger partial charge in [0.1, 0.15) is 0 Å². The summed E-state index contributed by atoms with van der Waals surface area (Å²) in [5, 5.41) is 0. The van der Waals surface area contributed by atoms with Crippen LogP contribution in [0.5, 0.6) is 11.5 Å². The molecule has 1 aromatic carbocycles. The Balaban J connectivity index is 3.02. The van der Waals surface area contributed by atoms with E-state index in [4.69, 9.17) is 15.2 Å². The number of carbonyl (C=O) groups excluding carboxylic acids is 1. The van der Waals surface area contributed by atoms with Crippen LogP contribution in [-0.2, 0) is 11.3 Å². The maximum atomic E-state index is 13.0. The van der Waals surface area contributed by atoms with Crippen molar-refractivity contribution in [2.45, 2.75) is 40.2 Å². The number of carbonyl (C=O) groups is 1. The van der Waals surface area contributed by atoms with Gasteiger partial charge in [-0.1, -0.05) is 19.9 Å². The van der Waals surface area contributed by atoms with E-state index in [2.05, 4.69) is 0 Å². The van der Waals surface area contributed by atoms with Gasteiger partial charge >= 0.3 is 0 Å². The van der Waals surface area contributed by atoms with Crippen molar-refractivity contribution in [2.75, 3.05) is 27.3 Å². The van der Waals surface area contributed by atoms with Gasteiger partial charge in [0, 0.05) is 19.6 Å². The number of benzene rings is 1. The molecule has 5 heteroatoms. The van der Waals surface area contributed by atoms with Crippen LogP contribution in [0.3, 0.4) is 0 Å². The Morgan fingerprint density at radius 2 is 1.74 bits per heavy atom. The normalized spacial score (nSPS) is 11.2. The van der Waals surface area contributed by atoms with Crippen LogP contribution in [0, 0.1) is 5.41 Å². The molecule has 1 amide bonds. The summed E-state index contributed by atoms with van der Waals surface area (Å²) >= 11 is 0. The third-order valence-corrected chi connectivity index (χ3v) is 4.69. The first-order valence-electron chi connectivity index (χ1n) is 8.22. The number of methoxy groups -OCH3 is 2. The summed E-state index contributed by atoms with van der Waals surface area (Å²) in [5.74, 6) is 1.48. The van der Waals surface area contributed by atoms with E-state index in [9.17, 15) is 4.79 Å². The highest BCUT2D eigenvalue weighted by Crippen LogP contribution is 2.31. The fourth-order valence-electron chi connectivity index (χ4n) is 2.79. The third kappa shape index (κ3) is 4.16. The van der Waals surface area contributed by atoms with Crippen molar-refractivity contribution in [3.05, 3.63) is 23.8 Å². The van der Waals surface area contributed by atoms with Crippen LogP contribution < -0.4 is 15.2 Å². The highest BCUT2D eigenvalue weighted by Gasteiger charge is 2.36. The predicted octanol–water partition coefficient (Wildman–Crippen LogP) is 2.82.